The first-order valence-corrected chi connectivity index (χ1v) is 6.92. The Labute approximate surface area is 135 Å². The Balaban J connectivity index is 2.10. The van der Waals surface area contributed by atoms with Crippen molar-refractivity contribution in [2.45, 2.75) is 12.6 Å². The van der Waals surface area contributed by atoms with Gasteiger partial charge in [0.1, 0.15) is 6.61 Å². The zero-order valence-electron chi connectivity index (χ0n) is 12.6. The Morgan fingerprint density at radius 2 is 2.04 bits per heavy atom. The minimum absolute atomic E-state index is 0.0238. The number of halogens is 3. The lowest BCUT2D eigenvalue weighted by Gasteiger charge is -2.07. The molecule has 0 saturated heterocycles. The van der Waals surface area contributed by atoms with Crippen LogP contribution in [0.1, 0.15) is 22.5 Å². The molecule has 0 unspecified atom stereocenters. The van der Waals surface area contributed by atoms with Crippen LogP contribution >= 0.6 is 0 Å². The van der Waals surface area contributed by atoms with Gasteiger partial charge in [-0.3, -0.25) is 4.79 Å². The van der Waals surface area contributed by atoms with E-state index in [1.807, 2.05) is 0 Å². The van der Waals surface area contributed by atoms with Crippen LogP contribution in [0.5, 0.6) is 0 Å². The van der Waals surface area contributed by atoms with Crippen molar-refractivity contribution >= 4 is 11.9 Å². The SMILES string of the molecule is CNC(=O)CCOC(=O)c1cccc(-n2ccc(C(F)(F)F)n2)c1. The quantitative estimate of drug-likeness (QED) is 0.846. The Morgan fingerprint density at radius 3 is 2.67 bits per heavy atom. The molecule has 0 aliphatic heterocycles. The van der Waals surface area contributed by atoms with Crippen molar-refractivity contribution < 1.29 is 27.5 Å². The second-order valence-corrected chi connectivity index (χ2v) is 4.75. The first-order chi connectivity index (χ1) is 11.3. The summed E-state index contributed by atoms with van der Waals surface area (Å²) in [6.07, 6.45) is -3.36. The monoisotopic (exact) mass is 341 g/mol. The van der Waals surface area contributed by atoms with E-state index in [9.17, 15) is 22.8 Å². The molecule has 0 fully saturated rings. The van der Waals surface area contributed by atoms with E-state index in [4.69, 9.17) is 4.74 Å². The molecule has 24 heavy (non-hydrogen) atoms. The summed E-state index contributed by atoms with van der Waals surface area (Å²) in [6, 6.07) is 6.66. The lowest BCUT2D eigenvalue weighted by Crippen LogP contribution is -2.20. The maximum absolute atomic E-state index is 12.6. The number of amides is 1. The smallest absolute Gasteiger partial charge is 0.435 e. The molecule has 0 aliphatic rings. The molecule has 0 saturated carbocycles. The number of alkyl halides is 3. The van der Waals surface area contributed by atoms with E-state index in [-0.39, 0.29) is 30.2 Å². The Kier molecular flexibility index (Phi) is 5.22. The van der Waals surface area contributed by atoms with Crippen LogP contribution in [0.2, 0.25) is 0 Å². The van der Waals surface area contributed by atoms with Gasteiger partial charge in [-0.2, -0.15) is 18.3 Å². The molecule has 0 spiro atoms. The van der Waals surface area contributed by atoms with E-state index < -0.39 is 17.8 Å². The fraction of sp³-hybridized carbons (Fsp3) is 0.267. The molecule has 2 aromatic rings. The van der Waals surface area contributed by atoms with Crippen LogP contribution in [-0.2, 0) is 15.7 Å². The van der Waals surface area contributed by atoms with E-state index in [2.05, 4.69) is 10.4 Å². The molecule has 0 atom stereocenters. The van der Waals surface area contributed by atoms with Crippen molar-refractivity contribution in [3.8, 4) is 5.69 Å². The largest absolute Gasteiger partial charge is 0.462 e. The molecule has 1 aromatic heterocycles. The van der Waals surface area contributed by atoms with E-state index in [0.717, 1.165) is 16.9 Å². The van der Waals surface area contributed by atoms with Gasteiger partial charge in [0, 0.05) is 13.2 Å². The lowest BCUT2D eigenvalue weighted by atomic mass is 10.2. The van der Waals surface area contributed by atoms with Crippen molar-refractivity contribution in [3.63, 3.8) is 0 Å². The van der Waals surface area contributed by atoms with Gasteiger partial charge in [-0.15, -0.1) is 0 Å². The van der Waals surface area contributed by atoms with E-state index in [1.54, 1.807) is 0 Å². The van der Waals surface area contributed by atoms with Gasteiger partial charge in [0.15, 0.2) is 5.69 Å². The Hall–Kier alpha value is -2.84. The topological polar surface area (TPSA) is 73.2 Å². The van der Waals surface area contributed by atoms with Gasteiger partial charge in [0.2, 0.25) is 5.91 Å². The minimum Gasteiger partial charge on any atom is -0.462 e. The zero-order valence-corrected chi connectivity index (χ0v) is 12.6. The predicted molar refractivity (Wildman–Crippen MR) is 77.5 cm³/mol. The first-order valence-electron chi connectivity index (χ1n) is 6.92. The standard InChI is InChI=1S/C15H14F3N3O3/c1-19-13(22)6-8-24-14(23)10-3-2-4-11(9-10)21-7-5-12(20-21)15(16,17)18/h2-5,7,9H,6,8H2,1H3,(H,19,22). The average Bonchev–Trinajstić information content (AvgIpc) is 3.05. The number of esters is 1. The molecule has 0 radical (unpaired) electrons. The van der Waals surface area contributed by atoms with Crippen molar-refractivity contribution in [1.82, 2.24) is 15.1 Å². The number of nitrogens with one attached hydrogen (secondary N) is 1. The number of hydrogen-bond donors (Lipinski definition) is 1. The van der Waals surface area contributed by atoms with Crippen LogP contribution in [0.25, 0.3) is 5.69 Å². The number of rotatable bonds is 5. The van der Waals surface area contributed by atoms with Gasteiger partial charge >= 0.3 is 12.1 Å². The van der Waals surface area contributed by atoms with E-state index in [1.165, 1.54) is 31.3 Å². The molecule has 1 N–H and O–H groups in total. The summed E-state index contributed by atoms with van der Waals surface area (Å²) in [4.78, 5) is 22.9. The first kappa shape index (κ1) is 17.5. The second-order valence-electron chi connectivity index (χ2n) is 4.75. The zero-order chi connectivity index (χ0) is 17.7. The third kappa shape index (κ3) is 4.34. The molecule has 2 rings (SSSR count). The van der Waals surface area contributed by atoms with Crippen LogP contribution in [-0.4, -0.2) is 35.3 Å². The summed E-state index contributed by atoms with van der Waals surface area (Å²) in [5.74, 6) is -0.947. The normalized spacial score (nSPS) is 11.2. The summed E-state index contributed by atoms with van der Waals surface area (Å²) in [7, 11) is 1.47. The third-order valence-electron chi connectivity index (χ3n) is 3.07. The van der Waals surface area contributed by atoms with Crippen LogP contribution in [0.4, 0.5) is 13.2 Å². The van der Waals surface area contributed by atoms with E-state index >= 15 is 0 Å². The molecule has 128 valence electrons. The molecule has 1 heterocycles. The van der Waals surface area contributed by atoms with Crippen LogP contribution in [0.15, 0.2) is 36.5 Å². The summed E-state index contributed by atoms with van der Waals surface area (Å²) < 4.78 is 43.7. The summed E-state index contributed by atoms with van der Waals surface area (Å²) >= 11 is 0. The molecule has 9 heteroatoms. The average molecular weight is 341 g/mol. The van der Waals surface area contributed by atoms with Gasteiger partial charge in [0.25, 0.3) is 0 Å². The molecule has 1 aromatic carbocycles. The highest BCUT2D eigenvalue weighted by molar-refractivity contribution is 5.90. The van der Waals surface area contributed by atoms with E-state index in [0.29, 0.717) is 0 Å². The summed E-state index contributed by atoms with van der Waals surface area (Å²) in [6.45, 7) is -0.0945. The highest BCUT2D eigenvalue weighted by Gasteiger charge is 2.33. The molecule has 1 amide bonds. The lowest BCUT2D eigenvalue weighted by molar-refractivity contribution is -0.141. The number of nitrogens with zero attached hydrogens (tertiary/aromatic N) is 2. The van der Waals surface area contributed by atoms with Crippen molar-refractivity contribution in [2.75, 3.05) is 13.7 Å². The number of ether oxygens (including phenoxy) is 1. The second kappa shape index (κ2) is 7.16. The highest BCUT2D eigenvalue weighted by Crippen LogP contribution is 2.27. The van der Waals surface area contributed by atoms with Crippen LogP contribution in [0, 0.1) is 0 Å². The Bertz CT molecular complexity index is 741. The maximum Gasteiger partial charge on any atom is 0.435 e. The van der Waals surface area contributed by atoms with Crippen LogP contribution < -0.4 is 5.32 Å². The third-order valence-corrected chi connectivity index (χ3v) is 3.07. The number of benzene rings is 1. The molecular weight excluding hydrogens is 327 g/mol. The molecule has 0 aliphatic carbocycles. The summed E-state index contributed by atoms with van der Waals surface area (Å²) in [5.41, 5.74) is -0.597. The highest BCUT2D eigenvalue weighted by atomic mass is 19.4. The van der Waals surface area contributed by atoms with Gasteiger partial charge < -0.3 is 10.1 Å². The predicted octanol–water partition coefficient (Wildman–Crippen LogP) is 2.18. The molecular formula is C15H14F3N3O3. The summed E-state index contributed by atoms with van der Waals surface area (Å²) in [5, 5.41) is 5.83. The van der Waals surface area contributed by atoms with Crippen molar-refractivity contribution in [1.29, 1.82) is 0 Å². The van der Waals surface area contributed by atoms with Gasteiger partial charge in [-0.25, -0.2) is 9.48 Å². The van der Waals surface area contributed by atoms with Gasteiger partial charge in [-0.05, 0) is 24.3 Å². The number of aromatic nitrogens is 2. The van der Waals surface area contributed by atoms with Crippen molar-refractivity contribution in [3.05, 3.63) is 47.8 Å². The molecule has 0 bridgehead atoms. The number of carbonyl (C=O) groups is 2. The fourth-order valence-corrected chi connectivity index (χ4v) is 1.84. The van der Waals surface area contributed by atoms with Gasteiger partial charge in [-0.1, -0.05) is 6.07 Å². The maximum atomic E-state index is 12.6. The number of carbonyl (C=O) groups excluding carboxylic acids is 2. The molecule has 6 nitrogen and oxygen atoms in total. The number of hydrogen-bond acceptors (Lipinski definition) is 4. The Morgan fingerprint density at radius 1 is 1.29 bits per heavy atom. The fourth-order valence-electron chi connectivity index (χ4n) is 1.84. The minimum atomic E-state index is -4.54. The van der Waals surface area contributed by atoms with Gasteiger partial charge in [0.05, 0.1) is 17.7 Å². The van der Waals surface area contributed by atoms with Crippen molar-refractivity contribution in [2.24, 2.45) is 0 Å². The van der Waals surface area contributed by atoms with Crippen LogP contribution in [0.3, 0.4) is 0 Å².